The molecule has 2 heterocycles. The monoisotopic (exact) mass is 524 g/mol. The van der Waals surface area contributed by atoms with Crippen molar-refractivity contribution in [3.63, 3.8) is 0 Å². The number of anilines is 1. The minimum Gasteiger partial charge on any atom is -0.457 e. The van der Waals surface area contributed by atoms with Gasteiger partial charge in [0.1, 0.15) is 17.2 Å². The molecule has 0 atom stereocenters. The lowest BCUT2D eigenvalue weighted by molar-refractivity contribution is -0.138. The normalized spacial score (nSPS) is 14.0. The average molecular weight is 525 g/mol. The second kappa shape index (κ2) is 11.9. The number of likely N-dealkylation sites (tertiary alicyclic amines) is 1. The molecule has 2 aromatic carbocycles. The van der Waals surface area contributed by atoms with E-state index in [-0.39, 0.29) is 29.4 Å². The van der Waals surface area contributed by atoms with Gasteiger partial charge in [-0.05, 0) is 73.5 Å². The van der Waals surface area contributed by atoms with E-state index in [1.807, 2.05) is 4.90 Å². The van der Waals surface area contributed by atoms with Crippen molar-refractivity contribution in [3.8, 4) is 11.5 Å². The molecule has 3 aromatic rings. The molecule has 0 saturated carbocycles. The molecule has 2 N–H and O–H groups in total. The number of hydrogen-bond donors (Lipinski definition) is 2. The fourth-order valence-corrected chi connectivity index (χ4v) is 4.14. The van der Waals surface area contributed by atoms with E-state index in [1.54, 1.807) is 30.3 Å². The molecule has 1 fully saturated rings. The molecule has 2 amide bonds. The van der Waals surface area contributed by atoms with Gasteiger partial charge in [-0.1, -0.05) is 18.2 Å². The standard InChI is InChI=1S/C28H27F3N4O3/c1-32-27(37)25-17-23(11-12-33-25)38-22-6-4-5-19(15-22)7-10-26(36)34-21-9-8-20(18-35-13-2-3-14-35)24(16-21)28(29,30)31/h4-12,15-17H,2-3,13-14,18H2,1H3,(H,32,37)(H,34,36)/b10-7+. The van der Waals surface area contributed by atoms with Crippen LogP contribution in [0, 0.1) is 0 Å². The van der Waals surface area contributed by atoms with E-state index < -0.39 is 17.6 Å². The molecule has 198 valence electrons. The second-order valence-corrected chi connectivity index (χ2v) is 8.81. The van der Waals surface area contributed by atoms with Gasteiger partial charge in [-0.25, -0.2) is 0 Å². The number of ether oxygens (including phenoxy) is 1. The number of carbonyl (C=O) groups is 2. The quantitative estimate of drug-likeness (QED) is 0.380. The van der Waals surface area contributed by atoms with Crippen molar-refractivity contribution >= 4 is 23.6 Å². The van der Waals surface area contributed by atoms with E-state index in [0.29, 0.717) is 17.1 Å². The molecule has 0 bridgehead atoms. The Kier molecular flexibility index (Phi) is 8.42. The Morgan fingerprint density at radius 2 is 1.82 bits per heavy atom. The number of halogens is 3. The van der Waals surface area contributed by atoms with Gasteiger partial charge in [-0.3, -0.25) is 19.5 Å². The third kappa shape index (κ3) is 7.19. The van der Waals surface area contributed by atoms with Crippen molar-refractivity contribution in [1.29, 1.82) is 0 Å². The number of amides is 2. The van der Waals surface area contributed by atoms with Crippen molar-refractivity contribution in [1.82, 2.24) is 15.2 Å². The van der Waals surface area contributed by atoms with Gasteiger partial charge in [0.15, 0.2) is 0 Å². The van der Waals surface area contributed by atoms with Gasteiger partial charge in [-0.15, -0.1) is 0 Å². The smallest absolute Gasteiger partial charge is 0.416 e. The van der Waals surface area contributed by atoms with Crippen molar-refractivity contribution in [3.05, 3.63) is 89.3 Å². The second-order valence-electron chi connectivity index (χ2n) is 8.81. The number of aromatic nitrogens is 1. The van der Waals surface area contributed by atoms with E-state index in [2.05, 4.69) is 15.6 Å². The molecular weight excluding hydrogens is 497 g/mol. The van der Waals surface area contributed by atoms with Crippen LogP contribution in [0.1, 0.15) is 40.0 Å². The Morgan fingerprint density at radius 3 is 2.55 bits per heavy atom. The molecule has 0 radical (unpaired) electrons. The van der Waals surface area contributed by atoms with Gasteiger partial charge < -0.3 is 15.4 Å². The number of hydrogen-bond acceptors (Lipinski definition) is 5. The number of nitrogens with one attached hydrogen (secondary N) is 2. The first-order valence-electron chi connectivity index (χ1n) is 12.1. The van der Waals surface area contributed by atoms with E-state index in [4.69, 9.17) is 4.74 Å². The molecule has 38 heavy (non-hydrogen) atoms. The summed E-state index contributed by atoms with van der Waals surface area (Å²) in [6.45, 7) is 1.80. The van der Waals surface area contributed by atoms with Crippen LogP contribution in [0.3, 0.4) is 0 Å². The van der Waals surface area contributed by atoms with Crippen LogP contribution in [0.15, 0.2) is 66.9 Å². The molecule has 1 saturated heterocycles. The molecule has 10 heteroatoms. The number of benzene rings is 2. The van der Waals surface area contributed by atoms with Crippen molar-refractivity contribution < 1.29 is 27.5 Å². The maximum Gasteiger partial charge on any atom is 0.416 e. The minimum atomic E-state index is -4.53. The van der Waals surface area contributed by atoms with Gasteiger partial charge in [0.2, 0.25) is 5.91 Å². The third-order valence-electron chi connectivity index (χ3n) is 5.99. The number of carbonyl (C=O) groups excluding carboxylic acids is 2. The van der Waals surface area contributed by atoms with Crippen LogP contribution >= 0.6 is 0 Å². The number of pyridine rings is 1. The molecule has 7 nitrogen and oxygen atoms in total. The zero-order valence-electron chi connectivity index (χ0n) is 20.7. The summed E-state index contributed by atoms with van der Waals surface area (Å²) in [6.07, 6.45) is 1.66. The van der Waals surface area contributed by atoms with Crippen molar-refractivity contribution in [2.75, 3.05) is 25.5 Å². The predicted octanol–water partition coefficient (Wildman–Crippen LogP) is 5.50. The predicted molar refractivity (Wildman–Crippen MR) is 138 cm³/mol. The highest BCUT2D eigenvalue weighted by atomic mass is 19.4. The summed E-state index contributed by atoms with van der Waals surface area (Å²) in [5.74, 6) is -0.0426. The van der Waals surface area contributed by atoms with Crippen LogP contribution in [0.2, 0.25) is 0 Å². The minimum absolute atomic E-state index is 0.0684. The Balaban J connectivity index is 1.42. The van der Waals surface area contributed by atoms with Crippen LogP contribution < -0.4 is 15.4 Å². The lowest BCUT2D eigenvalue weighted by Gasteiger charge is -2.19. The van der Waals surface area contributed by atoms with Gasteiger partial charge in [-0.2, -0.15) is 13.2 Å². The molecule has 1 aliphatic rings. The summed E-state index contributed by atoms with van der Waals surface area (Å²) in [5, 5.41) is 5.00. The van der Waals surface area contributed by atoms with Crippen LogP contribution in [0.25, 0.3) is 6.08 Å². The number of rotatable bonds is 8. The topological polar surface area (TPSA) is 83.6 Å². The maximum atomic E-state index is 13.7. The van der Waals surface area contributed by atoms with Crippen LogP contribution in [-0.2, 0) is 17.5 Å². The Morgan fingerprint density at radius 1 is 1.05 bits per heavy atom. The fourth-order valence-electron chi connectivity index (χ4n) is 4.14. The average Bonchev–Trinajstić information content (AvgIpc) is 3.41. The highest BCUT2D eigenvalue weighted by molar-refractivity contribution is 6.02. The molecule has 1 aliphatic heterocycles. The van der Waals surface area contributed by atoms with Gasteiger partial charge in [0.25, 0.3) is 5.91 Å². The summed E-state index contributed by atoms with van der Waals surface area (Å²) < 4.78 is 46.9. The van der Waals surface area contributed by atoms with Gasteiger partial charge in [0.05, 0.1) is 5.56 Å². The first-order valence-corrected chi connectivity index (χ1v) is 12.1. The largest absolute Gasteiger partial charge is 0.457 e. The SMILES string of the molecule is CNC(=O)c1cc(Oc2cccc(/C=C/C(=O)Nc3ccc(CN4CCCC4)c(C(F)(F)F)c3)c2)ccn1. The lowest BCUT2D eigenvalue weighted by atomic mass is 10.1. The summed E-state index contributed by atoms with van der Waals surface area (Å²) in [4.78, 5) is 30.2. The number of nitrogens with zero attached hydrogens (tertiary/aromatic N) is 2. The van der Waals surface area contributed by atoms with Crippen LogP contribution in [-0.4, -0.2) is 41.8 Å². The summed E-state index contributed by atoms with van der Waals surface area (Å²) >= 11 is 0. The fraction of sp³-hybridized carbons (Fsp3) is 0.250. The Labute approximate surface area is 218 Å². The molecule has 0 spiro atoms. The van der Waals surface area contributed by atoms with Crippen molar-refractivity contribution in [2.24, 2.45) is 0 Å². The van der Waals surface area contributed by atoms with E-state index in [9.17, 15) is 22.8 Å². The summed E-state index contributed by atoms with van der Waals surface area (Å²) in [7, 11) is 1.50. The highest BCUT2D eigenvalue weighted by Gasteiger charge is 2.34. The molecule has 0 aliphatic carbocycles. The molecule has 4 rings (SSSR count). The first-order chi connectivity index (χ1) is 18.2. The van der Waals surface area contributed by atoms with Crippen LogP contribution in [0.5, 0.6) is 11.5 Å². The van der Waals surface area contributed by atoms with Gasteiger partial charge >= 0.3 is 6.18 Å². The van der Waals surface area contributed by atoms with E-state index >= 15 is 0 Å². The van der Waals surface area contributed by atoms with Gasteiger partial charge in [0, 0.05) is 37.6 Å². The van der Waals surface area contributed by atoms with Crippen molar-refractivity contribution in [2.45, 2.75) is 25.6 Å². The Hall–Kier alpha value is -4.18. The molecule has 1 aromatic heterocycles. The highest BCUT2D eigenvalue weighted by Crippen LogP contribution is 2.35. The van der Waals surface area contributed by atoms with Crippen LogP contribution in [0.4, 0.5) is 18.9 Å². The number of alkyl halides is 3. The van der Waals surface area contributed by atoms with E-state index in [1.165, 1.54) is 43.6 Å². The summed E-state index contributed by atoms with van der Waals surface area (Å²) in [6, 6.07) is 13.9. The zero-order chi connectivity index (χ0) is 27.1. The molecule has 0 unspecified atom stereocenters. The Bertz CT molecular complexity index is 1330. The maximum absolute atomic E-state index is 13.7. The third-order valence-corrected chi connectivity index (χ3v) is 5.99. The first kappa shape index (κ1) is 26.9. The zero-order valence-corrected chi connectivity index (χ0v) is 20.7. The van der Waals surface area contributed by atoms with E-state index in [0.717, 1.165) is 32.0 Å². The lowest BCUT2D eigenvalue weighted by Crippen LogP contribution is -2.21. The molecular formula is C28H27F3N4O3. The summed E-state index contributed by atoms with van der Waals surface area (Å²) in [5.41, 5.74) is 0.359.